The van der Waals surface area contributed by atoms with E-state index in [-0.39, 0.29) is 24.3 Å². The van der Waals surface area contributed by atoms with Crippen LogP contribution in [0.3, 0.4) is 0 Å². The van der Waals surface area contributed by atoms with Gasteiger partial charge < -0.3 is 9.47 Å². The van der Waals surface area contributed by atoms with Crippen molar-refractivity contribution in [1.82, 2.24) is 15.0 Å². The Balaban J connectivity index is 2.22. The Kier molecular flexibility index (Phi) is 4.64. The van der Waals surface area contributed by atoms with Crippen LogP contribution in [0.25, 0.3) is 11.4 Å². The van der Waals surface area contributed by atoms with E-state index in [1.165, 1.54) is 0 Å². The van der Waals surface area contributed by atoms with Gasteiger partial charge in [0.1, 0.15) is 0 Å². The molecule has 0 spiro atoms. The zero-order valence-corrected chi connectivity index (χ0v) is 15.4. The number of halogens is 6. The van der Waals surface area contributed by atoms with Crippen molar-refractivity contribution in [1.29, 1.82) is 0 Å². The summed E-state index contributed by atoms with van der Waals surface area (Å²) in [5.41, 5.74) is 0.494. The van der Waals surface area contributed by atoms with Crippen molar-refractivity contribution < 1.29 is 9.47 Å². The number of benzene rings is 1. The molecule has 0 N–H and O–H groups in total. The molecule has 23 heavy (non-hydrogen) atoms. The second-order valence-electron chi connectivity index (χ2n) is 4.34. The first-order chi connectivity index (χ1) is 10.7. The largest absolute Gasteiger partial charge is 0.454 e. The van der Waals surface area contributed by atoms with Gasteiger partial charge in [0.2, 0.25) is 14.4 Å². The van der Waals surface area contributed by atoms with Gasteiger partial charge in [0, 0.05) is 0 Å². The summed E-state index contributed by atoms with van der Waals surface area (Å²) in [6.07, 6.45) is 0. The molecule has 2 aromatic rings. The van der Waals surface area contributed by atoms with E-state index in [9.17, 15) is 0 Å². The molecular formula is C12H5Cl6N3O2. The van der Waals surface area contributed by atoms with Crippen LogP contribution in [0.15, 0.2) is 18.2 Å². The number of nitrogens with zero attached hydrogens (tertiary/aromatic N) is 3. The standard InChI is InChI=1S/C12H5Cl6N3O2/c13-11(14,15)9-19-8(20-10(21-9)12(16,17)18)5-2-1-3-6-7(5)23-4-22-6/h1-3H,4H2. The molecule has 0 saturated carbocycles. The predicted octanol–water partition coefficient (Wildman–Crippen LogP) is 4.92. The van der Waals surface area contributed by atoms with Crippen LogP contribution in [-0.2, 0) is 7.59 Å². The van der Waals surface area contributed by atoms with Gasteiger partial charge >= 0.3 is 0 Å². The minimum Gasteiger partial charge on any atom is -0.454 e. The summed E-state index contributed by atoms with van der Waals surface area (Å²) >= 11 is 35.1. The lowest BCUT2D eigenvalue weighted by atomic mass is 10.1. The lowest BCUT2D eigenvalue weighted by Gasteiger charge is -2.16. The molecule has 122 valence electrons. The van der Waals surface area contributed by atoms with Crippen molar-refractivity contribution in [2.24, 2.45) is 0 Å². The molecule has 11 heteroatoms. The van der Waals surface area contributed by atoms with E-state index in [0.29, 0.717) is 17.1 Å². The van der Waals surface area contributed by atoms with E-state index in [2.05, 4.69) is 15.0 Å². The first-order valence-corrected chi connectivity index (χ1v) is 8.22. The van der Waals surface area contributed by atoms with Crippen LogP contribution < -0.4 is 9.47 Å². The van der Waals surface area contributed by atoms with Crippen LogP contribution in [0.5, 0.6) is 11.5 Å². The SMILES string of the molecule is ClC(Cl)(Cl)c1nc(-c2cccc3c2OCO3)nc(C(Cl)(Cl)Cl)n1. The zero-order valence-electron chi connectivity index (χ0n) is 10.9. The summed E-state index contributed by atoms with van der Waals surface area (Å²) in [6.45, 7) is 0.0755. The highest BCUT2D eigenvalue weighted by molar-refractivity contribution is 6.67. The molecule has 0 atom stereocenters. The van der Waals surface area contributed by atoms with Gasteiger partial charge in [0.05, 0.1) is 5.56 Å². The Morgan fingerprint density at radius 1 is 0.826 bits per heavy atom. The second-order valence-corrected chi connectivity index (χ2v) is 8.90. The maximum atomic E-state index is 5.85. The molecule has 5 nitrogen and oxygen atoms in total. The maximum absolute atomic E-state index is 5.85. The van der Waals surface area contributed by atoms with E-state index in [1.54, 1.807) is 18.2 Å². The minimum atomic E-state index is -1.92. The van der Waals surface area contributed by atoms with E-state index >= 15 is 0 Å². The lowest BCUT2D eigenvalue weighted by molar-refractivity contribution is 0.174. The number of hydrogen-bond donors (Lipinski definition) is 0. The number of rotatable bonds is 1. The smallest absolute Gasteiger partial charge is 0.250 e. The fraction of sp³-hybridized carbons (Fsp3) is 0.250. The first-order valence-electron chi connectivity index (χ1n) is 5.96. The Morgan fingerprint density at radius 2 is 1.43 bits per heavy atom. The number of hydrogen-bond acceptors (Lipinski definition) is 5. The summed E-state index contributed by atoms with van der Waals surface area (Å²) in [5.74, 6) is 0.763. The molecule has 2 heterocycles. The minimum absolute atomic E-state index is 0.0755. The van der Waals surface area contributed by atoms with E-state index in [1.807, 2.05) is 0 Å². The highest BCUT2D eigenvalue weighted by Crippen LogP contribution is 2.43. The van der Waals surface area contributed by atoms with Gasteiger partial charge in [-0.15, -0.1) is 0 Å². The third kappa shape index (κ3) is 3.65. The lowest BCUT2D eigenvalue weighted by Crippen LogP contribution is -2.16. The van der Waals surface area contributed by atoms with Gasteiger partial charge in [-0.25, -0.2) is 15.0 Å². The number of para-hydroxylation sites is 1. The molecule has 1 aliphatic heterocycles. The van der Waals surface area contributed by atoms with E-state index < -0.39 is 7.59 Å². The normalized spacial score (nSPS) is 14.2. The number of aromatic nitrogens is 3. The molecular weight excluding hydrogens is 431 g/mol. The van der Waals surface area contributed by atoms with Crippen LogP contribution in [0.2, 0.25) is 0 Å². The molecule has 0 radical (unpaired) electrons. The summed E-state index contributed by atoms with van der Waals surface area (Å²) in [5, 5.41) is 0. The molecule has 3 rings (SSSR count). The van der Waals surface area contributed by atoms with Crippen molar-refractivity contribution in [2.45, 2.75) is 7.59 Å². The Morgan fingerprint density at radius 3 is 2.00 bits per heavy atom. The van der Waals surface area contributed by atoms with Crippen molar-refractivity contribution in [2.75, 3.05) is 6.79 Å². The summed E-state index contributed by atoms with van der Waals surface area (Å²) < 4.78 is 6.88. The van der Waals surface area contributed by atoms with E-state index in [4.69, 9.17) is 79.1 Å². The van der Waals surface area contributed by atoms with Crippen molar-refractivity contribution >= 4 is 69.6 Å². The van der Waals surface area contributed by atoms with E-state index in [0.717, 1.165) is 0 Å². The quantitative estimate of drug-likeness (QED) is 0.595. The molecule has 1 aromatic carbocycles. The van der Waals surface area contributed by atoms with Crippen LogP contribution in [-0.4, -0.2) is 21.7 Å². The first kappa shape index (κ1) is 17.4. The molecule has 0 saturated heterocycles. The van der Waals surface area contributed by atoms with Gasteiger partial charge in [-0.3, -0.25) is 0 Å². The number of alkyl halides is 6. The molecule has 1 aromatic heterocycles. The summed E-state index contributed by atoms with van der Waals surface area (Å²) in [7, 11) is 0. The third-order valence-corrected chi connectivity index (χ3v) is 3.79. The van der Waals surface area contributed by atoms with Crippen LogP contribution in [0, 0.1) is 0 Å². The van der Waals surface area contributed by atoms with Crippen molar-refractivity contribution in [3.63, 3.8) is 0 Å². The fourth-order valence-electron chi connectivity index (χ4n) is 1.86. The molecule has 1 aliphatic rings. The van der Waals surface area contributed by atoms with Crippen LogP contribution >= 0.6 is 69.6 Å². The Labute approximate surface area is 160 Å². The third-order valence-electron chi connectivity index (χ3n) is 2.78. The van der Waals surface area contributed by atoms with Crippen molar-refractivity contribution in [3.05, 3.63) is 29.8 Å². The molecule has 0 fully saturated rings. The van der Waals surface area contributed by atoms with Gasteiger partial charge in [0.15, 0.2) is 29.0 Å². The molecule has 0 unspecified atom stereocenters. The second kappa shape index (κ2) is 6.14. The topological polar surface area (TPSA) is 57.1 Å². The molecule has 0 bridgehead atoms. The highest BCUT2D eigenvalue weighted by atomic mass is 35.6. The number of fused-ring (bicyclic) bond motifs is 1. The molecule has 0 aliphatic carbocycles. The van der Waals surface area contributed by atoms with Gasteiger partial charge in [-0.2, -0.15) is 0 Å². The van der Waals surface area contributed by atoms with Crippen LogP contribution in [0.1, 0.15) is 11.6 Å². The highest BCUT2D eigenvalue weighted by Gasteiger charge is 2.34. The average molecular weight is 436 g/mol. The summed E-state index contributed by atoms with van der Waals surface area (Å²) in [4.78, 5) is 12.2. The summed E-state index contributed by atoms with van der Waals surface area (Å²) in [6, 6.07) is 5.17. The maximum Gasteiger partial charge on any atom is 0.250 e. The zero-order chi connectivity index (χ0) is 16.8. The van der Waals surface area contributed by atoms with Crippen LogP contribution in [0.4, 0.5) is 0 Å². The Bertz CT molecular complexity index is 727. The average Bonchev–Trinajstić information content (AvgIpc) is 2.93. The van der Waals surface area contributed by atoms with Gasteiger partial charge in [-0.1, -0.05) is 75.7 Å². The Hall–Kier alpha value is -0.430. The molecule has 0 amide bonds. The van der Waals surface area contributed by atoms with Gasteiger partial charge in [-0.05, 0) is 12.1 Å². The number of ether oxygens (including phenoxy) is 2. The van der Waals surface area contributed by atoms with Gasteiger partial charge in [0.25, 0.3) is 0 Å². The monoisotopic (exact) mass is 433 g/mol. The van der Waals surface area contributed by atoms with Crippen molar-refractivity contribution in [3.8, 4) is 22.9 Å². The predicted molar refractivity (Wildman–Crippen MR) is 89.9 cm³/mol. The fourth-order valence-corrected chi connectivity index (χ4v) is 2.36.